The normalized spacial score (nSPS) is 9.60. The van der Waals surface area contributed by atoms with Crippen molar-refractivity contribution in [1.82, 2.24) is 4.98 Å². The minimum absolute atomic E-state index is 0.322. The fourth-order valence-corrected chi connectivity index (χ4v) is 1.38. The molecule has 0 amide bonds. The van der Waals surface area contributed by atoms with E-state index in [1.165, 1.54) is 12.1 Å². The molecule has 0 aliphatic carbocycles. The Labute approximate surface area is 86.6 Å². The number of hydrogen-bond donors (Lipinski definition) is 0. The molecule has 0 N–H and O–H groups in total. The maximum atomic E-state index is 12.9. The molecule has 2 nitrogen and oxygen atoms in total. The van der Waals surface area contributed by atoms with E-state index in [-0.39, 0.29) is 0 Å². The van der Waals surface area contributed by atoms with Crippen molar-refractivity contribution in [3.05, 3.63) is 54.1 Å². The number of nitrogens with zero attached hydrogens (tertiary/aromatic N) is 2. The maximum absolute atomic E-state index is 12.9. The smallest absolute Gasteiger partial charge is 0.124 e. The van der Waals surface area contributed by atoms with Crippen LogP contribution in [0.15, 0.2) is 42.7 Å². The van der Waals surface area contributed by atoms with E-state index >= 15 is 0 Å². The van der Waals surface area contributed by atoms with Crippen LogP contribution in [0.1, 0.15) is 5.56 Å². The van der Waals surface area contributed by atoms with Gasteiger partial charge in [-0.05, 0) is 18.2 Å². The molecule has 2 rings (SSSR count). The SMILES string of the molecule is N#Cc1cc(F)ccc1-c1cccnc1. The first-order valence-electron chi connectivity index (χ1n) is 4.41. The number of hydrogen-bond acceptors (Lipinski definition) is 2. The van der Waals surface area contributed by atoms with Gasteiger partial charge in [-0.15, -0.1) is 0 Å². The molecule has 2 aromatic rings. The first-order valence-corrected chi connectivity index (χ1v) is 4.41. The van der Waals surface area contributed by atoms with Crippen LogP contribution in [0.5, 0.6) is 0 Å². The summed E-state index contributed by atoms with van der Waals surface area (Å²) in [4.78, 5) is 3.96. The third kappa shape index (κ3) is 1.84. The molecule has 1 aromatic heterocycles. The monoisotopic (exact) mass is 198 g/mol. The van der Waals surface area contributed by atoms with Crippen LogP contribution in [0.2, 0.25) is 0 Å². The molecule has 3 heteroatoms. The number of benzene rings is 1. The molecule has 0 radical (unpaired) electrons. The van der Waals surface area contributed by atoms with E-state index in [1.54, 1.807) is 24.5 Å². The molecule has 1 aromatic carbocycles. The van der Waals surface area contributed by atoms with Gasteiger partial charge in [-0.1, -0.05) is 12.1 Å². The van der Waals surface area contributed by atoms with Crippen LogP contribution >= 0.6 is 0 Å². The van der Waals surface area contributed by atoms with Gasteiger partial charge in [-0.2, -0.15) is 5.26 Å². The Morgan fingerprint density at radius 1 is 1.27 bits per heavy atom. The van der Waals surface area contributed by atoms with E-state index < -0.39 is 5.82 Å². The predicted molar refractivity (Wildman–Crippen MR) is 54.3 cm³/mol. The van der Waals surface area contributed by atoms with Crippen molar-refractivity contribution >= 4 is 0 Å². The zero-order chi connectivity index (χ0) is 10.7. The molecule has 0 spiro atoms. The van der Waals surface area contributed by atoms with Gasteiger partial charge in [0.25, 0.3) is 0 Å². The number of rotatable bonds is 1. The highest BCUT2D eigenvalue weighted by Crippen LogP contribution is 2.22. The summed E-state index contributed by atoms with van der Waals surface area (Å²) in [5.41, 5.74) is 1.84. The summed E-state index contributed by atoms with van der Waals surface area (Å²) in [6, 6.07) is 9.73. The Balaban J connectivity index is 2.60. The van der Waals surface area contributed by atoms with Gasteiger partial charge in [-0.25, -0.2) is 4.39 Å². The van der Waals surface area contributed by atoms with E-state index in [1.807, 2.05) is 12.1 Å². The summed E-state index contributed by atoms with van der Waals surface area (Å²) >= 11 is 0. The van der Waals surface area contributed by atoms with Gasteiger partial charge < -0.3 is 0 Å². The molecule has 0 aliphatic heterocycles. The van der Waals surface area contributed by atoms with Crippen LogP contribution < -0.4 is 0 Å². The van der Waals surface area contributed by atoms with Gasteiger partial charge in [0.15, 0.2) is 0 Å². The van der Waals surface area contributed by atoms with E-state index in [0.717, 1.165) is 5.56 Å². The largest absolute Gasteiger partial charge is 0.264 e. The topological polar surface area (TPSA) is 36.7 Å². The van der Waals surface area contributed by atoms with Crippen molar-refractivity contribution in [2.75, 3.05) is 0 Å². The highest BCUT2D eigenvalue weighted by molar-refractivity contribution is 5.69. The van der Waals surface area contributed by atoms with Crippen molar-refractivity contribution in [3.63, 3.8) is 0 Å². The van der Waals surface area contributed by atoms with Crippen LogP contribution in [-0.2, 0) is 0 Å². The Bertz CT molecular complexity index is 515. The Hall–Kier alpha value is -2.21. The molecule has 72 valence electrons. The standard InChI is InChI=1S/C12H7FN2/c13-11-3-4-12(10(6-11)7-14)9-2-1-5-15-8-9/h1-6,8H. The summed E-state index contributed by atoms with van der Waals surface area (Å²) in [6.45, 7) is 0. The lowest BCUT2D eigenvalue weighted by molar-refractivity contribution is 0.627. The summed E-state index contributed by atoms with van der Waals surface area (Å²) in [5, 5.41) is 8.87. The minimum Gasteiger partial charge on any atom is -0.264 e. The maximum Gasteiger partial charge on any atom is 0.124 e. The van der Waals surface area contributed by atoms with Crippen molar-refractivity contribution in [1.29, 1.82) is 5.26 Å². The quantitative estimate of drug-likeness (QED) is 0.706. The van der Waals surface area contributed by atoms with Gasteiger partial charge >= 0.3 is 0 Å². The number of halogens is 1. The molecular weight excluding hydrogens is 191 g/mol. The highest BCUT2D eigenvalue weighted by Gasteiger charge is 2.05. The van der Waals surface area contributed by atoms with E-state index in [4.69, 9.17) is 5.26 Å². The Morgan fingerprint density at radius 3 is 2.80 bits per heavy atom. The Morgan fingerprint density at radius 2 is 2.13 bits per heavy atom. The molecular formula is C12H7FN2. The van der Waals surface area contributed by atoms with Crippen molar-refractivity contribution in [2.24, 2.45) is 0 Å². The van der Waals surface area contributed by atoms with Crippen molar-refractivity contribution in [3.8, 4) is 17.2 Å². The van der Waals surface area contributed by atoms with Crippen LogP contribution in [0, 0.1) is 17.1 Å². The zero-order valence-corrected chi connectivity index (χ0v) is 7.81. The molecule has 0 fully saturated rings. The molecule has 0 aliphatic rings. The average Bonchev–Trinajstić information content (AvgIpc) is 2.30. The molecule has 0 saturated heterocycles. The lowest BCUT2D eigenvalue weighted by atomic mass is 10.0. The summed E-state index contributed by atoms with van der Waals surface area (Å²) in [7, 11) is 0. The lowest BCUT2D eigenvalue weighted by Gasteiger charge is -2.02. The second kappa shape index (κ2) is 3.89. The first kappa shape index (κ1) is 9.35. The molecule has 0 saturated carbocycles. The minimum atomic E-state index is -0.404. The van der Waals surface area contributed by atoms with E-state index in [0.29, 0.717) is 11.1 Å². The zero-order valence-electron chi connectivity index (χ0n) is 7.81. The van der Waals surface area contributed by atoms with Crippen molar-refractivity contribution < 1.29 is 4.39 Å². The van der Waals surface area contributed by atoms with Gasteiger partial charge in [0, 0.05) is 23.5 Å². The summed E-state index contributed by atoms with van der Waals surface area (Å²) in [5.74, 6) is -0.404. The predicted octanol–water partition coefficient (Wildman–Crippen LogP) is 2.76. The summed E-state index contributed by atoms with van der Waals surface area (Å²) < 4.78 is 12.9. The fraction of sp³-hybridized carbons (Fsp3) is 0. The summed E-state index contributed by atoms with van der Waals surface area (Å²) in [6.07, 6.45) is 3.30. The van der Waals surface area contributed by atoms with Crippen LogP contribution in [0.4, 0.5) is 4.39 Å². The Kier molecular flexibility index (Phi) is 2.42. The van der Waals surface area contributed by atoms with E-state index in [9.17, 15) is 4.39 Å². The molecule has 0 atom stereocenters. The second-order valence-corrected chi connectivity index (χ2v) is 3.04. The number of nitriles is 1. The molecule has 0 unspecified atom stereocenters. The van der Waals surface area contributed by atoms with Crippen molar-refractivity contribution in [2.45, 2.75) is 0 Å². The van der Waals surface area contributed by atoms with Gasteiger partial charge in [-0.3, -0.25) is 4.98 Å². The highest BCUT2D eigenvalue weighted by atomic mass is 19.1. The van der Waals surface area contributed by atoms with Gasteiger partial charge in [0.2, 0.25) is 0 Å². The third-order valence-corrected chi connectivity index (χ3v) is 2.07. The van der Waals surface area contributed by atoms with Gasteiger partial charge in [0.1, 0.15) is 5.82 Å². The van der Waals surface area contributed by atoms with Crippen LogP contribution in [0.25, 0.3) is 11.1 Å². The molecule has 0 bridgehead atoms. The average molecular weight is 198 g/mol. The number of pyridine rings is 1. The fourth-order valence-electron chi connectivity index (χ4n) is 1.38. The van der Waals surface area contributed by atoms with Gasteiger partial charge in [0.05, 0.1) is 11.6 Å². The van der Waals surface area contributed by atoms with E-state index in [2.05, 4.69) is 4.98 Å². The van der Waals surface area contributed by atoms with Crippen LogP contribution in [0.3, 0.4) is 0 Å². The molecule has 15 heavy (non-hydrogen) atoms. The third-order valence-electron chi connectivity index (χ3n) is 2.07. The first-order chi connectivity index (χ1) is 7.31. The second-order valence-electron chi connectivity index (χ2n) is 3.04. The number of aromatic nitrogens is 1. The lowest BCUT2D eigenvalue weighted by Crippen LogP contribution is -1.86. The molecule has 1 heterocycles. The van der Waals surface area contributed by atoms with Crippen LogP contribution in [-0.4, -0.2) is 4.98 Å².